The molecule has 1 aromatic heterocycles. The number of hydrogen-bond donors (Lipinski definition) is 1. The minimum absolute atomic E-state index is 0.227. The first kappa shape index (κ1) is 35.5. The second-order valence-electron chi connectivity index (χ2n) is 16.2. The molecule has 286 valence electrons. The van der Waals surface area contributed by atoms with E-state index < -0.39 is 0 Å². The van der Waals surface area contributed by atoms with Crippen LogP contribution in [0.2, 0.25) is 0 Å². The number of hydrogen-bond acceptors (Lipinski definition) is 3. The number of nitrogens with zero attached hydrogens (tertiary/aromatic N) is 1. The lowest BCUT2D eigenvalue weighted by atomic mass is 9.82. The van der Waals surface area contributed by atoms with Crippen LogP contribution in [0, 0.1) is 0 Å². The van der Waals surface area contributed by atoms with E-state index in [0.29, 0.717) is 0 Å². The third-order valence-corrected chi connectivity index (χ3v) is 12.3. The largest absolute Gasteiger partial charge is 0.455 e. The number of para-hydroxylation sites is 3. The quantitative estimate of drug-likeness (QED) is 0.167. The van der Waals surface area contributed by atoms with Crippen LogP contribution in [0.4, 0.5) is 28.4 Å². The molecule has 1 heterocycles. The van der Waals surface area contributed by atoms with Gasteiger partial charge in [0.05, 0.1) is 0 Å². The van der Waals surface area contributed by atoms with Gasteiger partial charge in [-0.3, -0.25) is 0 Å². The SMILES string of the molecule is CC1(C)c2cc(Nc3ccccc3-c3ccccc3)ccc2-c2ccc(N(c3ccc(-c4ccccc4)cc3)c3ccc(-c4cccc5c4oc4ccccc45)cc3)cc21. The van der Waals surface area contributed by atoms with Gasteiger partial charge in [-0.25, -0.2) is 0 Å². The first-order valence-electron chi connectivity index (χ1n) is 20.7. The molecule has 11 rings (SSSR count). The van der Waals surface area contributed by atoms with E-state index in [-0.39, 0.29) is 5.41 Å². The molecule has 0 bridgehead atoms. The van der Waals surface area contributed by atoms with Crippen LogP contribution in [0.25, 0.3) is 66.4 Å². The zero-order valence-electron chi connectivity index (χ0n) is 33.6. The number of benzene rings is 9. The van der Waals surface area contributed by atoms with Crippen LogP contribution in [-0.4, -0.2) is 0 Å². The Kier molecular flexibility index (Phi) is 8.49. The van der Waals surface area contributed by atoms with E-state index in [1.807, 2.05) is 12.1 Å². The van der Waals surface area contributed by atoms with Crippen molar-refractivity contribution in [3.8, 4) is 44.5 Å². The Hall–Kier alpha value is -7.62. The van der Waals surface area contributed by atoms with Gasteiger partial charge in [0.15, 0.2) is 0 Å². The van der Waals surface area contributed by atoms with Crippen LogP contribution < -0.4 is 10.2 Å². The molecule has 0 saturated heterocycles. The highest BCUT2D eigenvalue weighted by molar-refractivity contribution is 6.09. The van der Waals surface area contributed by atoms with Crippen LogP contribution >= 0.6 is 0 Å². The second-order valence-corrected chi connectivity index (χ2v) is 16.2. The number of furan rings is 1. The van der Waals surface area contributed by atoms with Gasteiger partial charge in [-0.05, 0) is 105 Å². The predicted octanol–water partition coefficient (Wildman–Crippen LogP) is 16.1. The summed E-state index contributed by atoms with van der Waals surface area (Å²) in [5.74, 6) is 0. The van der Waals surface area contributed by atoms with E-state index in [0.717, 1.165) is 61.5 Å². The smallest absolute Gasteiger partial charge is 0.143 e. The molecular weight excluding hydrogens is 729 g/mol. The standard InChI is InChI=1S/C57H42N2O/c1-57(2)52-36-42(58-54-22-11-9-18-46(54)40-16-7-4-8-17-40)28-34-48(52)49-35-33-45(37-53(49)57)59(43-29-24-39(25-30-43)38-14-5-3-6-15-38)44-31-26-41(27-32-44)47-20-13-21-51-50-19-10-12-23-55(50)60-56(47)51/h3-37,58H,1-2H3. The zero-order valence-corrected chi connectivity index (χ0v) is 33.6. The molecule has 0 aliphatic heterocycles. The minimum Gasteiger partial charge on any atom is -0.455 e. The molecule has 0 spiro atoms. The molecule has 1 aliphatic carbocycles. The van der Waals surface area contributed by atoms with E-state index in [2.05, 4.69) is 224 Å². The molecule has 10 aromatic rings. The number of nitrogens with one attached hydrogen (secondary N) is 1. The van der Waals surface area contributed by atoms with Crippen molar-refractivity contribution < 1.29 is 4.42 Å². The summed E-state index contributed by atoms with van der Waals surface area (Å²) in [5, 5.41) is 6.04. The monoisotopic (exact) mass is 770 g/mol. The third-order valence-electron chi connectivity index (χ3n) is 12.3. The second kappa shape index (κ2) is 14.3. The van der Waals surface area contributed by atoms with Crippen molar-refractivity contribution in [1.29, 1.82) is 0 Å². The predicted molar refractivity (Wildman–Crippen MR) is 252 cm³/mol. The average Bonchev–Trinajstić information content (AvgIpc) is 3.79. The van der Waals surface area contributed by atoms with Gasteiger partial charge in [-0.2, -0.15) is 0 Å². The maximum atomic E-state index is 6.44. The van der Waals surface area contributed by atoms with Crippen molar-refractivity contribution in [3.05, 3.63) is 223 Å². The Morgan fingerprint density at radius 2 is 0.933 bits per heavy atom. The number of anilines is 5. The van der Waals surface area contributed by atoms with Gasteiger partial charge < -0.3 is 14.6 Å². The highest BCUT2D eigenvalue weighted by Crippen LogP contribution is 2.52. The van der Waals surface area contributed by atoms with Crippen LogP contribution in [0.5, 0.6) is 0 Å². The number of fused-ring (bicyclic) bond motifs is 6. The lowest BCUT2D eigenvalue weighted by Crippen LogP contribution is -2.16. The molecule has 0 saturated carbocycles. The molecule has 0 amide bonds. The molecule has 0 fully saturated rings. The molecule has 0 unspecified atom stereocenters. The van der Waals surface area contributed by atoms with Gasteiger partial charge in [0.25, 0.3) is 0 Å². The van der Waals surface area contributed by atoms with Gasteiger partial charge in [-0.1, -0.05) is 166 Å². The van der Waals surface area contributed by atoms with Crippen LogP contribution in [0.15, 0.2) is 217 Å². The maximum absolute atomic E-state index is 6.44. The van der Waals surface area contributed by atoms with Crippen molar-refractivity contribution in [2.45, 2.75) is 19.3 Å². The highest BCUT2D eigenvalue weighted by Gasteiger charge is 2.36. The summed E-state index contributed by atoms with van der Waals surface area (Å²) in [6, 6.07) is 76.1. The van der Waals surface area contributed by atoms with Crippen molar-refractivity contribution in [1.82, 2.24) is 0 Å². The summed E-state index contributed by atoms with van der Waals surface area (Å²) in [6.07, 6.45) is 0. The molecular formula is C57H42N2O. The topological polar surface area (TPSA) is 28.4 Å². The molecule has 1 N–H and O–H groups in total. The average molecular weight is 771 g/mol. The van der Waals surface area contributed by atoms with Crippen LogP contribution in [0.1, 0.15) is 25.0 Å². The summed E-state index contributed by atoms with van der Waals surface area (Å²) < 4.78 is 6.44. The summed E-state index contributed by atoms with van der Waals surface area (Å²) in [4.78, 5) is 2.38. The molecule has 9 aromatic carbocycles. The molecule has 3 nitrogen and oxygen atoms in total. The molecule has 0 atom stereocenters. The van der Waals surface area contributed by atoms with Gasteiger partial charge in [0, 0.05) is 55.8 Å². The molecule has 3 heteroatoms. The summed E-state index contributed by atoms with van der Waals surface area (Å²) in [6.45, 7) is 4.71. The third kappa shape index (κ3) is 6.06. The van der Waals surface area contributed by atoms with E-state index in [1.165, 1.54) is 44.5 Å². The van der Waals surface area contributed by atoms with E-state index >= 15 is 0 Å². The van der Waals surface area contributed by atoms with Crippen LogP contribution in [0.3, 0.4) is 0 Å². The molecule has 1 aliphatic rings. The van der Waals surface area contributed by atoms with E-state index in [9.17, 15) is 0 Å². The first-order chi connectivity index (χ1) is 29.5. The lowest BCUT2D eigenvalue weighted by molar-refractivity contribution is 0.660. The minimum atomic E-state index is -0.227. The van der Waals surface area contributed by atoms with E-state index in [4.69, 9.17) is 4.42 Å². The fourth-order valence-electron chi connectivity index (χ4n) is 9.20. The van der Waals surface area contributed by atoms with Gasteiger partial charge in [0.1, 0.15) is 11.2 Å². The van der Waals surface area contributed by atoms with Gasteiger partial charge >= 0.3 is 0 Å². The highest BCUT2D eigenvalue weighted by atomic mass is 16.3. The van der Waals surface area contributed by atoms with Gasteiger partial charge in [0.2, 0.25) is 0 Å². The van der Waals surface area contributed by atoms with Crippen LogP contribution in [-0.2, 0) is 5.41 Å². The van der Waals surface area contributed by atoms with Crippen molar-refractivity contribution in [3.63, 3.8) is 0 Å². The van der Waals surface area contributed by atoms with Gasteiger partial charge in [-0.15, -0.1) is 0 Å². The summed E-state index contributed by atoms with van der Waals surface area (Å²) >= 11 is 0. The normalized spacial score (nSPS) is 12.6. The summed E-state index contributed by atoms with van der Waals surface area (Å²) in [5.41, 5.74) is 19.2. The Morgan fingerprint density at radius 1 is 0.400 bits per heavy atom. The Balaban J connectivity index is 0.971. The van der Waals surface area contributed by atoms with Crippen molar-refractivity contribution in [2.75, 3.05) is 10.2 Å². The molecule has 60 heavy (non-hydrogen) atoms. The molecule has 0 radical (unpaired) electrons. The summed E-state index contributed by atoms with van der Waals surface area (Å²) in [7, 11) is 0. The Bertz CT molecular complexity index is 3180. The fraction of sp³-hybridized carbons (Fsp3) is 0.0526. The van der Waals surface area contributed by atoms with E-state index in [1.54, 1.807) is 0 Å². The maximum Gasteiger partial charge on any atom is 0.143 e. The Morgan fingerprint density at radius 3 is 1.68 bits per heavy atom. The van der Waals surface area contributed by atoms with Crippen molar-refractivity contribution in [2.24, 2.45) is 0 Å². The first-order valence-corrected chi connectivity index (χ1v) is 20.7. The number of rotatable bonds is 8. The Labute approximate surface area is 350 Å². The van der Waals surface area contributed by atoms with Crippen molar-refractivity contribution >= 4 is 50.4 Å². The fourth-order valence-corrected chi connectivity index (χ4v) is 9.20. The zero-order chi connectivity index (χ0) is 40.2. The lowest BCUT2D eigenvalue weighted by Gasteiger charge is -2.28.